The molecule has 164 valence electrons. The molecule has 2 saturated heterocycles. The summed E-state index contributed by atoms with van der Waals surface area (Å²) in [5.74, 6) is -0.579. The van der Waals surface area contributed by atoms with Gasteiger partial charge in [0.1, 0.15) is 29.1 Å². The summed E-state index contributed by atoms with van der Waals surface area (Å²) in [6, 6.07) is 5.95. The van der Waals surface area contributed by atoms with Crippen molar-refractivity contribution in [3.8, 4) is 5.75 Å². The lowest BCUT2D eigenvalue weighted by Crippen LogP contribution is -2.36. The van der Waals surface area contributed by atoms with Gasteiger partial charge in [0.15, 0.2) is 0 Å². The number of carbonyl (C=O) groups is 2. The third-order valence-corrected chi connectivity index (χ3v) is 5.92. The molecule has 2 aliphatic heterocycles. The molecule has 0 spiro atoms. The van der Waals surface area contributed by atoms with E-state index in [0.717, 1.165) is 18.4 Å². The maximum atomic E-state index is 13.1. The van der Waals surface area contributed by atoms with Crippen LogP contribution in [0.5, 0.6) is 5.75 Å². The van der Waals surface area contributed by atoms with E-state index in [4.69, 9.17) is 25.5 Å². The third-order valence-electron chi connectivity index (χ3n) is 5.64. The Kier molecular flexibility index (Phi) is 5.81. The number of hydrogen-bond donors (Lipinski definition) is 1. The Labute approximate surface area is 185 Å². The molecule has 1 N–H and O–H groups in total. The largest absolute Gasteiger partial charge is 0.507 e. The topological polar surface area (TPSA) is 89.2 Å². The normalized spacial score (nSPS) is 23.0. The molecule has 1 amide bonds. The summed E-state index contributed by atoms with van der Waals surface area (Å²) >= 11 is 6.29. The number of ether oxygens (including phenoxy) is 2. The van der Waals surface area contributed by atoms with E-state index in [2.05, 4.69) is 0 Å². The molecule has 0 radical (unpaired) electrons. The first-order valence-electron chi connectivity index (χ1n) is 10.1. The second kappa shape index (κ2) is 8.40. The molecule has 1 aromatic heterocycles. The Balaban J connectivity index is 1.88. The molecule has 3 heterocycles. The minimum atomic E-state index is -0.873. The molecule has 4 rings (SSSR count). The van der Waals surface area contributed by atoms with Gasteiger partial charge in [0.25, 0.3) is 11.7 Å². The predicted molar refractivity (Wildman–Crippen MR) is 114 cm³/mol. The summed E-state index contributed by atoms with van der Waals surface area (Å²) in [7, 11) is 1.43. The van der Waals surface area contributed by atoms with Gasteiger partial charge in [-0.05, 0) is 56.5 Å². The van der Waals surface area contributed by atoms with Crippen molar-refractivity contribution in [1.82, 2.24) is 4.90 Å². The highest BCUT2D eigenvalue weighted by molar-refractivity contribution is 6.46. The number of aliphatic hydroxyl groups is 1. The van der Waals surface area contributed by atoms with Gasteiger partial charge >= 0.3 is 0 Å². The molecule has 7 nitrogen and oxygen atoms in total. The zero-order valence-corrected chi connectivity index (χ0v) is 18.4. The molecule has 1 aromatic carbocycles. The summed E-state index contributed by atoms with van der Waals surface area (Å²) in [4.78, 5) is 27.5. The lowest BCUT2D eigenvalue weighted by molar-refractivity contribution is -0.141. The molecule has 31 heavy (non-hydrogen) atoms. The SMILES string of the molecule is COc1c(Cl)cc(C)cc1/C(O)=C1\C(=O)C(=O)N(CC2CCCO2)C1c1ccc(C)o1. The minimum absolute atomic E-state index is 0.0580. The van der Waals surface area contributed by atoms with Gasteiger partial charge in [-0.1, -0.05) is 11.6 Å². The van der Waals surface area contributed by atoms with E-state index in [1.54, 1.807) is 31.2 Å². The van der Waals surface area contributed by atoms with E-state index < -0.39 is 17.7 Å². The van der Waals surface area contributed by atoms with Crippen molar-refractivity contribution >= 4 is 29.1 Å². The summed E-state index contributed by atoms with van der Waals surface area (Å²) in [5, 5.41) is 11.5. The van der Waals surface area contributed by atoms with Gasteiger partial charge in [0.2, 0.25) is 0 Å². The average molecular weight is 446 g/mol. The first-order valence-corrected chi connectivity index (χ1v) is 10.5. The van der Waals surface area contributed by atoms with Crippen LogP contribution >= 0.6 is 11.6 Å². The molecule has 0 saturated carbocycles. The maximum absolute atomic E-state index is 13.1. The van der Waals surface area contributed by atoms with E-state index in [0.29, 0.717) is 23.2 Å². The Morgan fingerprint density at radius 2 is 2.06 bits per heavy atom. The Bertz CT molecular complexity index is 1070. The fraction of sp³-hybridized carbons (Fsp3) is 0.391. The predicted octanol–water partition coefficient (Wildman–Crippen LogP) is 4.16. The molecule has 0 bridgehead atoms. The van der Waals surface area contributed by atoms with Crippen LogP contribution in [0.4, 0.5) is 0 Å². The number of hydrogen-bond acceptors (Lipinski definition) is 6. The number of nitrogens with zero attached hydrogens (tertiary/aromatic N) is 1. The Morgan fingerprint density at radius 3 is 2.68 bits per heavy atom. The van der Waals surface area contributed by atoms with Gasteiger partial charge in [0.05, 0.1) is 29.4 Å². The zero-order chi connectivity index (χ0) is 22.3. The lowest BCUT2D eigenvalue weighted by atomic mass is 9.97. The number of halogens is 1. The van der Waals surface area contributed by atoms with Crippen LogP contribution in [0.1, 0.15) is 41.5 Å². The molecule has 2 aliphatic rings. The number of likely N-dealkylation sites (tertiary alicyclic amines) is 1. The monoisotopic (exact) mass is 445 g/mol. The van der Waals surface area contributed by atoms with Crippen LogP contribution in [-0.4, -0.2) is 48.1 Å². The molecular weight excluding hydrogens is 422 g/mol. The fourth-order valence-electron chi connectivity index (χ4n) is 4.23. The number of Topliss-reactive ketones (excluding diaryl/α,β-unsaturated/α-hetero) is 1. The molecule has 2 fully saturated rings. The Morgan fingerprint density at radius 1 is 1.29 bits per heavy atom. The molecular formula is C23H24ClNO6. The highest BCUT2D eigenvalue weighted by atomic mass is 35.5. The Hall–Kier alpha value is -2.77. The second-order valence-corrected chi connectivity index (χ2v) is 8.27. The van der Waals surface area contributed by atoms with E-state index in [-0.39, 0.29) is 35.3 Å². The zero-order valence-electron chi connectivity index (χ0n) is 17.6. The molecule has 8 heteroatoms. The van der Waals surface area contributed by atoms with Crippen LogP contribution < -0.4 is 4.74 Å². The van der Waals surface area contributed by atoms with E-state index in [1.807, 2.05) is 6.92 Å². The van der Waals surface area contributed by atoms with Crippen LogP contribution in [0.15, 0.2) is 34.3 Å². The van der Waals surface area contributed by atoms with Crippen molar-refractivity contribution in [1.29, 1.82) is 0 Å². The summed E-state index contributed by atoms with van der Waals surface area (Å²) in [5.41, 5.74) is 0.958. The number of aliphatic hydroxyl groups excluding tert-OH is 1. The smallest absolute Gasteiger partial charge is 0.295 e. The number of aryl methyl sites for hydroxylation is 2. The number of amides is 1. The summed E-state index contributed by atoms with van der Waals surface area (Å²) < 4.78 is 16.8. The number of carbonyl (C=O) groups excluding carboxylic acids is 2. The number of ketones is 1. The summed E-state index contributed by atoms with van der Waals surface area (Å²) in [6.45, 7) is 4.44. The third kappa shape index (κ3) is 3.83. The molecule has 2 atom stereocenters. The lowest BCUT2D eigenvalue weighted by Gasteiger charge is -2.26. The van der Waals surface area contributed by atoms with Crippen molar-refractivity contribution in [2.75, 3.05) is 20.3 Å². The first-order chi connectivity index (χ1) is 14.8. The van der Waals surface area contributed by atoms with Crippen LogP contribution in [0.3, 0.4) is 0 Å². The molecule has 2 aromatic rings. The number of rotatable bonds is 5. The van der Waals surface area contributed by atoms with Crippen molar-refractivity contribution < 1.29 is 28.6 Å². The standard InChI is InChI=1S/C23H24ClNO6/c1-12-9-15(22(29-3)16(24)10-12)20(26)18-19(17-7-6-13(2)31-17)25(23(28)21(18)27)11-14-5-4-8-30-14/h6-7,9-10,14,19,26H,4-5,8,11H2,1-3H3/b20-18+. The van der Waals surface area contributed by atoms with Crippen molar-refractivity contribution in [2.45, 2.75) is 38.8 Å². The average Bonchev–Trinajstić information content (AvgIpc) is 3.44. The number of furan rings is 1. The van der Waals surface area contributed by atoms with Crippen LogP contribution in [0.25, 0.3) is 5.76 Å². The van der Waals surface area contributed by atoms with Gasteiger partial charge in [-0.15, -0.1) is 0 Å². The van der Waals surface area contributed by atoms with Crippen LogP contribution in [0, 0.1) is 13.8 Å². The first kappa shape index (κ1) is 21.5. The number of methoxy groups -OCH3 is 1. The maximum Gasteiger partial charge on any atom is 0.295 e. The van der Waals surface area contributed by atoms with Gasteiger partial charge in [-0.25, -0.2) is 0 Å². The van der Waals surface area contributed by atoms with E-state index in [9.17, 15) is 14.7 Å². The molecule has 2 unspecified atom stereocenters. The molecule has 0 aliphatic carbocycles. The van der Waals surface area contributed by atoms with E-state index >= 15 is 0 Å². The quantitative estimate of drug-likeness (QED) is 0.422. The van der Waals surface area contributed by atoms with Crippen LogP contribution in [-0.2, 0) is 14.3 Å². The van der Waals surface area contributed by atoms with Gasteiger partial charge in [0, 0.05) is 13.2 Å². The minimum Gasteiger partial charge on any atom is -0.507 e. The van der Waals surface area contributed by atoms with Crippen molar-refractivity contribution in [3.63, 3.8) is 0 Å². The van der Waals surface area contributed by atoms with E-state index in [1.165, 1.54) is 12.0 Å². The fourth-order valence-corrected chi connectivity index (χ4v) is 4.58. The highest BCUT2D eigenvalue weighted by Crippen LogP contribution is 2.43. The summed E-state index contributed by atoms with van der Waals surface area (Å²) in [6.07, 6.45) is 1.53. The number of benzene rings is 1. The second-order valence-electron chi connectivity index (χ2n) is 7.86. The highest BCUT2D eigenvalue weighted by Gasteiger charge is 2.48. The van der Waals surface area contributed by atoms with Crippen molar-refractivity contribution in [2.24, 2.45) is 0 Å². The van der Waals surface area contributed by atoms with Gasteiger partial charge < -0.3 is 23.9 Å². The van der Waals surface area contributed by atoms with Gasteiger partial charge in [-0.3, -0.25) is 9.59 Å². The van der Waals surface area contributed by atoms with Gasteiger partial charge in [-0.2, -0.15) is 0 Å². The van der Waals surface area contributed by atoms with Crippen molar-refractivity contribution in [3.05, 3.63) is 57.5 Å². The van der Waals surface area contributed by atoms with Crippen LogP contribution in [0.2, 0.25) is 5.02 Å².